The van der Waals surface area contributed by atoms with Gasteiger partial charge in [0, 0.05) is 0 Å². The summed E-state index contributed by atoms with van der Waals surface area (Å²) in [5.74, 6) is -1.04. The number of quaternary nitrogens is 1. The van der Waals surface area contributed by atoms with E-state index < -0.39 is 25.5 Å². The minimum atomic E-state index is -1.04. The number of aliphatic hydroxyl groups excluding tert-OH is 2. The van der Waals surface area contributed by atoms with Gasteiger partial charge in [-0.25, -0.2) is 4.79 Å². The van der Waals surface area contributed by atoms with Crippen molar-refractivity contribution in [3.63, 3.8) is 0 Å². The summed E-state index contributed by atoms with van der Waals surface area (Å²) in [5.41, 5.74) is 0. The van der Waals surface area contributed by atoms with E-state index in [1.807, 2.05) is 0 Å². The van der Waals surface area contributed by atoms with Gasteiger partial charge in [0.15, 0.2) is 19.5 Å². The molecule has 0 fully saturated rings. The smallest absolute Gasteiger partial charge is 0.362 e. The molecule has 0 spiro atoms. The molecule has 0 aliphatic heterocycles. The summed E-state index contributed by atoms with van der Waals surface area (Å²) >= 11 is 0. The number of hydrogen-bond acceptors (Lipinski definition) is 4. The largest absolute Gasteiger partial charge is 0.477 e. The van der Waals surface area contributed by atoms with Crippen molar-refractivity contribution >= 4 is 5.97 Å². The second-order valence-corrected chi connectivity index (χ2v) is 5.25. The molecule has 1 unspecified atom stereocenters. The van der Waals surface area contributed by atoms with Gasteiger partial charge in [-0.2, -0.15) is 0 Å². The number of nitrogens with zero attached hydrogens (tertiary/aromatic N) is 1. The minimum absolute atomic E-state index is 0.264. The normalized spacial score (nSPS) is 13.7. The first-order valence-corrected chi connectivity index (χ1v) is 7.57. The quantitative estimate of drug-likeness (QED) is 0.207. The molecular weight excluding hydrogens is 274 g/mol. The van der Waals surface area contributed by atoms with Crippen LogP contribution in [-0.2, 0) is 9.53 Å². The van der Waals surface area contributed by atoms with E-state index in [9.17, 15) is 15.0 Å². The fourth-order valence-corrected chi connectivity index (χ4v) is 1.92. The second kappa shape index (κ2) is 11.7. The highest BCUT2D eigenvalue weighted by Crippen LogP contribution is 2.12. The molecule has 0 aromatic carbocycles. The van der Waals surface area contributed by atoms with Gasteiger partial charge in [0.25, 0.3) is 0 Å². The second-order valence-electron chi connectivity index (χ2n) is 5.25. The van der Waals surface area contributed by atoms with E-state index in [1.54, 1.807) is 0 Å². The predicted molar refractivity (Wildman–Crippen MR) is 80.5 cm³/mol. The van der Waals surface area contributed by atoms with Crippen molar-refractivity contribution in [1.29, 1.82) is 0 Å². The molecule has 0 rings (SSSR count). The zero-order chi connectivity index (χ0) is 16.1. The van der Waals surface area contributed by atoms with Crippen molar-refractivity contribution in [2.45, 2.75) is 45.6 Å². The summed E-state index contributed by atoms with van der Waals surface area (Å²) in [6.07, 6.45) is 8.50. The topological polar surface area (TPSA) is 87.0 Å². The first kappa shape index (κ1) is 20.1. The maximum absolute atomic E-state index is 11.0. The van der Waals surface area contributed by atoms with Crippen LogP contribution in [0.5, 0.6) is 0 Å². The molecule has 0 aliphatic carbocycles. The Morgan fingerprint density at radius 3 is 2.33 bits per heavy atom. The zero-order valence-electron chi connectivity index (χ0n) is 13.2. The zero-order valence-corrected chi connectivity index (χ0v) is 13.2. The average Bonchev–Trinajstić information content (AvgIpc) is 2.49. The van der Waals surface area contributed by atoms with E-state index in [1.165, 1.54) is 19.8 Å². The van der Waals surface area contributed by atoms with Crippen LogP contribution in [-0.4, -0.2) is 65.0 Å². The van der Waals surface area contributed by atoms with Crippen LogP contribution < -0.4 is 0 Å². The number of carboxylic acid groups (broad SMARTS) is 1. The summed E-state index contributed by atoms with van der Waals surface area (Å²) in [5, 5.41) is 27.8. The lowest BCUT2D eigenvalue weighted by Gasteiger charge is -2.37. The summed E-state index contributed by atoms with van der Waals surface area (Å²) in [6.45, 7) is 3.91. The molecule has 0 heterocycles. The molecule has 0 amide bonds. The van der Waals surface area contributed by atoms with E-state index in [0.29, 0.717) is 13.2 Å². The number of ether oxygens (including phenoxy) is 1. The Morgan fingerprint density at radius 2 is 1.81 bits per heavy atom. The van der Waals surface area contributed by atoms with Crippen LogP contribution in [0.1, 0.15) is 39.5 Å². The van der Waals surface area contributed by atoms with E-state index in [2.05, 4.69) is 19.1 Å². The molecule has 1 atom stereocenters. The average molecular weight is 304 g/mol. The van der Waals surface area contributed by atoms with Crippen molar-refractivity contribution in [3.8, 4) is 0 Å². The summed E-state index contributed by atoms with van der Waals surface area (Å²) in [6, 6.07) is -0.877. The van der Waals surface area contributed by atoms with Gasteiger partial charge in [0.05, 0.1) is 13.2 Å². The summed E-state index contributed by atoms with van der Waals surface area (Å²) < 4.78 is 5.14. The third-order valence-electron chi connectivity index (χ3n) is 3.74. The van der Waals surface area contributed by atoms with Gasteiger partial charge in [-0.3, -0.25) is 4.48 Å². The molecule has 3 N–H and O–H groups in total. The van der Waals surface area contributed by atoms with Crippen LogP contribution >= 0.6 is 0 Å². The Bertz CT molecular complexity index is 302. The Balaban J connectivity index is 4.00. The van der Waals surface area contributed by atoms with Crippen LogP contribution in [0.25, 0.3) is 0 Å². The Kier molecular flexibility index (Phi) is 11.2. The standard InChI is InChI=1S/C15H29NO5/c1-3-4-5-6-7-8-10-21-11-9-16(12-17,13-18)14(2)15(19)20/h6-7,14,17-18H,3-5,8-13H2,1-2H3/p+1/b7-6+. The van der Waals surface area contributed by atoms with Crippen molar-refractivity contribution in [2.24, 2.45) is 0 Å². The number of rotatable bonds is 13. The van der Waals surface area contributed by atoms with Crippen molar-refractivity contribution in [1.82, 2.24) is 0 Å². The van der Waals surface area contributed by atoms with Crippen LogP contribution in [0, 0.1) is 0 Å². The van der Waals surface area contributed by atoms with Gasteiger partial charge in [0.1, 0.15) is 6.54 Å². The van der Waals surface area contributed by atoms with Crippen molar-refractivity contribution in [3.05, 3.63) is 12.2 Å². The first-order valence-electron chi connectivity index (χ1n) is 7.57. The molecule has 0 aliphatic rings. The Morgan fingerprint density at radius 1 is 1.19 bits per heavy atom. The number of carboxylic acids is 1. The maximum Gasteiger partial charge on any atom is 0.362 e. The fourth-order valence-electron chi connectivity index (χ4n) is 1.92. The predicted octanol–water partition coefficient (Wildman–Crippen LogP) is 1.33. The summed E-state index contributed by atoms with van der Waals surface area (Å²) in [7, 11) is 0. The molecule has 0 radical (unpaired) electrons. The summed E-state index contributed by atoms with van der Waals surface area (Å²) in [4.78, 5) is 11.0. The molecule has 6 heteroatoms. The number of aliphatic hydroxyl groups is 2. The monoisotopic (exact) mass is 304 g/mol. The first-order chi connectivity index (χ1) is 10.0. The number of unbranched alkanes of at least 4 members (excludes halogenated alkanes) is 2. The molecular formula is C15H30NO5+. The number of aliphatic carboxylic acids is 1. The SMILES string of the molecule is CCCC/C=C/CCOCC[N+](CO)(CO)C(C)C(=O)O. The van der Waals surface area contributed by atoms with Crippen LogP contribution in [0.4, 0.5) is 0 Å². The van der Waals surface area contributed by atoms with Gasteiger partial charge in [-0.15, -0.1) is 0 Å². The molecule has 0 aromatic rings. The highest BCUT2D eigenvalue weighted by atomic mass is 16.5. The Hall–Kier alpha value is -0.950. The minimum Gasteiger partial charge on any atom is -0.477 e. The van der Waals surface area contributed by atoms with Gasteiger partial charge in [-0.1, -0.05) is 31.9 Å². The molecule has 0 aromatic heterocycles. The van der Waals surface area contributed by atoms with E-state index in [0.717, 1.165) is 12.8 Å². The van der Waals surface area contributed by atoms with Crippen molar-refractivity contribution < 1.29 is 29.3 Å². The van der Waals surface area contributed by atoms with E-state index in [4.69, 9.17) is 9.84 Å². The highest BCUT2D eigenvalue weighted by molar-refractivity contribution is 5.71. The van der Waals surface area contributed by atoms with Gasteiger partial charge < -0.3 is 20.1 Å². The lowest BCUT2D eigenvalue weighted by molar-refractivity contribution is -0.974. The van der Waals surface area contributed by atoms with Gasteiger partial charge >= 0.3 is 5.97 Å². The molecule has 124 valence electrons. The van der Waals surface area contributed by atoms with Crippen molar-refractivity contribution in [2.75, 3.05) is 33.2 Å². The molecule has 6 nitrogen and oxygen atoms in total. The molecule has 0 bridgehead atoms. The third-order valence-corrected chi connectivity index (χ3v) is 3.74. The van der Waals surface area contributed by atoms with Gasteiger partial charge in [-0.05, 0) is 19.8 Å². The number of allylic oxidation sites excluding steroid dienone is 1. The van der Waals surface area contributed by atoms with E-state index >= 15 is 0 Å². The lowest BCUT2D eigenvalue weighted by atomic mass is 10.2. The highest BCUT2D eigenvalue weighted by Gasteiger charge is 2.37. The molecule has 21 heavy (non-hydrogen) atoms. The maximum atomic E-state index is 11.0. The van der Waals surface area contributed by atoms with Crippen LogP contribution in [0.3, 0.4) is 0 Å². The third kappa shape index (κ3) is 7.57. The van der Waals surface area contributed by atoms with Crippen LogP contribution in [0.2, 0.25) is 0 Å². The number of hydrogen-bond donors (Lipinski definition) is 3. The Labute approximate surface area is 127 Å². The fraction of sp³-hybridized carbons (Fsp3) is 0.800. The molecule has 0 saturated carbocycles. The number of carbonyl (C=O) groups is 1. The van der Waals surface area contributed by atoms with Crippen LogP contribution in [0.15, 0.2) is 12.2 Å². The lowest BCUT2D eigenvalue weighted by Crippen LogP contribution is -2.59. The van der Waals surface area contributed by atoms with Gasteiger partial charge in [0.2, 0.25) is 0 Å². The van der Waals surface area contributed by atoms with E-state index in [-0.39, 0.29) is 11.0 Å². The molecule has 0 saturated heterocycles.